The van der Waals surface area contributed by atoms with Gasteiger partial charge in [-0.3, -0.25) is 0 Å². The van der Waals surface area contributed by atoms with Crippen LogP contribution in [0.3, 0.4) is 0 Å². The Hall–Kier alpha value is -0.860. The van der Waals surface area contributed by atoms with Crippen LogP contribution in [0.2, 0.25) is 0 Å². The highest BCUT2D eigenvalue weighted by Gasteiger charge is 2.17. The summed E-state index contributed by atoms with van der Waals surface area (Å²) in [5, 5.41) is 12.8. The zero-order valence-corrected chi connectivity index (χ0v) is 11.2. The molecule has 1 aromatic rings. The summed E-state index contributed by atoms with van der Waals surface area (Å²) < 4.78 is 0. The van der Waals surface area contributed by atoms with Crippen LogP contribution in [0.15, 0.2) is 24.3 Å². The molecule has 0 heterocycles. The molecule has 96 valence electrons. The van der Waals surface area contributed by atoms with Crippen LogP contribution < -0.4 is 5.32 Å². The molecule has 2 unspecified atom stereocenters. The minimum Gasteiger partial charge on any atom is -0.396 e. The first-order chi connectivity index (χ1) is 8.22. The van der Waals surface area contributed by atoms with Crippen LogP contribution in [-0.4, -0.2) is 18.3 Å². The molecule has 1 aromatic carbocycles. The lowest BCUT2D eigenvalue weighted by Gasteiger charge is -2.24. The van der Waals surface area contributed by atoms with Gasteiger partial charge in [0.05, 0.1) is 0 Å². The lowest BCUT2D eigenvalue weighted by molar-refractivity contribution is 0.202. The first-order valence-electron chi connectivity index (χ1n) is 6.66. The Bertz CT molecular complexity index is 307. The molecule has 2 atom stereocenters. The largest absolute Gasteiger partial charge is 0.396 e. The number of rotatable bonds is 7. The van der Waals surface area contributed by atoms with Crippen molar-refractivity contribution >= 4 is 0 Å². The Labute approximate surface area is 105 Å². The maximum Gasteiger partial charge on any atom is 0.0474 e. The van der Waals surface area contributed by atoms with Gasteiger partial charge in [0, 0.05) is 12.6 Å². The minimum absolute atomic E-state index is 0.219. The summed E-state index contributed by atoms with van der Waals surface area (Å²) in [5.41, 5.74) is 2.64. The van der Waals surface area contributed by atoms with Gasteiger partial charge in [-0.1, -0.05) is 45.0 Å². The number of aryl methyl sites for hydroxylation is 1. The van der Waals surface area contributed by atoms with E-state index in [-0.39, 0.29) is 18.6 Å². The smallest absolute Gasteiger partial charge is 0.0474 e. The number of aliphatic hydroxyl groups excluding tert-OH is 1. The van der Waals surface area contributed by atoms with Crippen molar-refractivity contribution in [2.75, 3.05) is 13.2 Å². The molecule has 17 heavy (non-hydrogen) atoms. The van der Waals surface area contributed by atoms with E-state index in [2.05, 4.69) is 50.4 Å². The molecule has 0 aliphatic carbocycles. The van der Waals surface area contributed by atoms with Crippen LogP contribution in [-0.2, 0) is 6.42 Å². The number of hydrogen-bond acceptors (Lipinski definition) is 2. The fourth-order valence-corrected chi connectivity index (χ4v) is 2.01. The molecule has 0 aromatic heterocycles. The Morgan fingerprint density at radius 2 is 1.82 bits per heavy atom. The van der Waals surface area contributed by atoms with Gasteiger partial charge in [-0.25, -0.2) is 0 Å². The summed E-state index contributed by atoms with van der Waals surface area (Å²) in [6, 6.07) is 8.97. The molecule has 0 fully saturated rings. The Balaban J connectivity index is 2.79. The lowest BCUT2D eigenvalue weighted by atomic mass is 9.94. The number of aliphatic hydroxyl groups is 1. The summed E-state index contributed by atoms with van der Waals surface area (Å²) in [7, 11) is 0. The van der Waals surface area contributed by atoms with E-state index in [0.717, 1.165) is 19.4 Å². The lowest BCUT2D eigenvalue weighted by Crippen LogP contribution is -2.29. The van der Waals surface area contributed by atoms with Crippen molar-refractivity contribution in [1.29, 1.82) is 0 Å². The Morgan fingerprint density at radius 1 is 1.18 bits per heavy atom. The normalized spacial score (nSPS) is 14.6. The van der Waals surface area contributed by atoms with Gasteiger partial charge in [0.1, 0.15) is 0 Å². The minimum atomic E-state index is 0.219. The van der Waals surface area contributed by atoms with Gasteiger partial charge < -0.3 is 10.4 Å². The van der Waals surface area contributed by atoms with Gasteiger partial charge in [0.2, 0.25) is 0 Å². The fraction of sp³-hybridized carbons (Fsp3) is 0.600. The van der Waals surface area contributed by atoms with Gasteiger partial charge in [-0.2, -0.15) is 0 Å². The molecule has 2 nitrogen and oxygen atoms in total. The van der Waals surface area contributed by atoms with Crippen molar-refractivity contribution in [2.45, 2.75) is 39.7 Å². The fourth-order valence-electron chi connectivity index (χ4n) is 2.01. The second-order valence-corrected chi connectivity index (χ2v) is 4.69. The van der Waals surface area contributed by atoms with E-state index in [9.17, 15) is 5.11 Å². The second-order valence-electron chi connectivity index (χ2n) is 4.69. The topological polar surface area (TPSA) is 32.3 Å². The van der Waals surface area contributed by atoms with Gasteiger partial charge in [-0.15, -0.1) is 0 Å². The molecular weight excluding hydrogens is 210 g/mol. The summed E-state index contributed by atoms with van der Waals surface area (Å²) in [6.07, 6.45) is 2.19. The van der Waals surface area contributed by atoms with Crippen LogP contribution in [0.4, 0.5) is 0 Å². The molecule has 0 radical (unpaired) electrons. The third-order valence-corrected chi connectivity index (χ3v) is 3.22. The van der Waals surface area contributed by atoms with E-state index >= 15 is 0 Å². The van der Waals surface area contributed by atoms with Crippen LogP contribution in [0, 0.1) is 5.92 Å². The van der Waals surface area contributed by atoms with E-state index in [0.29, 0.717) is 0 Å². The van der Waals surface area contributed by atoms with E-state index in [1.54, 1.807) is 0 Å². The molecule has 2 heteroatoms. The zero-order chi connectivity index (χ0) is 12.7. The monoisotopic (exact) mass is 235 g/mol. The van der Waals surface area contributed by atoms with E-state index in [1.165, 1.54) is 11.1 Å². The SMILES string of the molecule is CCCNC(c1ccc(CC)cc1)C(C)CO. The molecule has 0 saturated heterocycles. The molecule has 0 aliphatic rings. The number of hydrogen-bond donors (Lipinski definition) is 2. The molecule has 0 bridgehead atoms. The van der Waals surface area contributed by atoms with Gasteiger partial charge in [0.15, 0.2) is 0 Å². The average Bonchev–Trinajstić information content (AvgIpc) is 2.39. The summed E-state index contributed by atoms with van der Waals surface area (Å²) >= 11 is 0. The van der Waals surface area contributed by atoms with Crippen LogP contribution >= 0.6 is 0 Å². The van der Waals surface area contributed by atoms with Gasteiger partial charge >= 0.3 is 0 Å². The first-order valence-corrected chi connectivity index (χ1v) is 6.66. The molecule has 0 amide bonds. The summed E-state index contributed by atoms with van der Waals surface area (Å²) in [5.74, 6) is 0.244. The molecular formula is C15H25NO. The Morgan fingerprint density at radius 3 is 2.29 bits per heavy atom. The molecule has 1 rings (SSSR count). The summed E-state index contributed by atoms with van der Waals surface area (Å²) in [6.45, 7) is 7.62. The second kappa shape index (κ2) is 7.46. The van der Waals surface area contributed by atoms with Gasteiger partial charge in [0.25, 0.3) is 0 Å². The zero-order valence-electron chi connectivity index (χ0n) is 11.2. The third kappa shape index (κ3) is 4.14. The van der Waals surface area contributed by atoms with E-state index in [4.69, 9.17) is 0 Å². The predicted molar refractivity (Wildman–Crippen MR) is 73.1 cm³/mol. The molecule has 2 N–H and O–H groups in total. The molecule has 0 aliphatic heterocycles. The quantitative estimate of drug-likeness (QED) is 0.761. The number of benzene rings is 1. The average molecular weight is 235 g/mol. The van der Waals surface area contributed by atoms with Crippen LogP contribution in [0.1, 0.15) is 44.4 Å². The Kier molecular flexibility index (Phi) is 6.23. The number of nitrogens with one attached hydrogen (secondary N) is 1. The highest BCUT2D eigenvalue weighted by molar-refractivity contribution is 5.25. The summed E-state index contributed by atoms with van der Waals surface area (Å²) in [4.78, 5) is 0. The van der Waals surface area contributed by atoms with E-state index < -0.39 is 0 Å². The highest BCUT2D eigenvalue weighted by Crippen LogP contribution is 2.22. The van der Waals surface area contributed by atoms with Crippen molar-refractivity contribution in [3.63, 3.8) is 0 Å². The standard InChI is InChI=1S/C15H25NO/c1-4-10-16-15(12(3)11-17)14-8-6-13(5-2)7-9-14/h6-9,12,15-17H,4-5,10-11H2,1-3H3. The maximum atomic E-state index is 9.33. The molecule has 0 spiro atoms. The maximum absolute atomic E-state index is 9.33. The third-order valence-electron chi connectivity index (χ3n) is 3.22. The van der Waals surface area contributed by atoms with Crippen molar-refractivity contribution in [3.05, 3.63) is 35.4 Å². The van der Waals surface area contributed by atoms with Crippen molar-refractivity contribution < 1.29 is 5.11 Å². The van der Waals surface area contributed by atoms with E-state index in [1.807, 2.05) is 0 Å². The highest BCUT2D eigenvalue weighted by atomic mass is 16.3. The van der Waals surface area contributed by atoms with Crippen molar-refractivity contribution in [1.82, 2.24) is 5.32 Å². The molecule has 0 saturated carbocycles. The first kappa shape index (κ1) is 14.2. The predicted octanol–water partition coefficient (Wildman–Crippen LogP) is 2.92. The van der Waals surface area contributed by atoms with Crippen molar-refractivity contribution in [3.8, 4) is 0 Å². The van der Waals surface area contributed by atoms with Gasteiger partial charge in [-0.05, 0) is 36.4 Å². The van der Waals surface area contributed by atoms with Crippen LogP contribution in [0.25, 0.3) is 0 Å². The van der Waals surface area contributed by atoms with Crippen molar-refractivity contribution in [2.24, 2.45) is 5.92 Å². The van der Waals surface area contributed by atoms with Crippen LogP contribution in [0.5, 0.6) is 0 Å².